The van der Waals surface area contributed by atoms with E-state index in [0.717, 1.165) is 0 Å². The van der Waals surface area contributed by atoms with Gasteiger partial charge in [0.2, 0.25) is 0 Å². The minimum atomic E-state index is -0.768. The molecule has 98 valence electrons. The fourth-order valence-corrected chi connectivity index (χ4v) is 0.824. The van der Waals surface area contributed by atoms with Gasteiger partial charge in [0.05, 0.1) is 17.6 Å². The molecule has 0 aliphatic carbocycles. The Bertz CT molecular complexity index is 194. The van der Waals surface area contributed by atoms with Crippen LogP contribution in [0.5, 0.6) is 0 Å². The molecule has 0 saturated carbocycles. The summed E-state index contributed by atoms with van der Waals surface area (Å²) in [5, 5.41) is 26.7. The first kappa shape index (κ1) is 17.8. The van der Waals surface area contributed by atoms with Crippen LogP contribution in [0.4, 0.5) is 0 Å². The first-order valence-electron chi connectivity index (χ1n) is 5.67. The number of carbonyl (C=O) groups is 1. The van der Waals surface area contributed by atoms with Gasteiger partial charge in [-0.1, -0.05) is 27.7 Å². The van der Waals surface area contributed by atoms with Gasteiger partial charge in [-0.05, 0) is 20.3 Å². The number of rotatable bonds is 4. The summed E-state index contributed by atoms with van der Waals surface area (Å²) in [6, 6.07) is 0. The van der Waals surface area contributed by atoms with Crippen molar-refractivity contribution < 1.29 is 20.1 Å². The lowest BCUT2D eigenvalue weighted by Gasteiger charge is -2.29. The van der Waals surface area contributed by atoms with Gasteiger partial charge in [0.25, 0.3) is 0 Å². The van der Waals surface area contributed by atoms with Gasteiger partial charge in [-0.2, -0.15) is 0 Å². The molecule has 0 bridgehead atoms. The average Bonchev–Trinajstić information content (AvgIpc) is 2.14. The Hall–Kier alpha value is -0.610. The number of aliphatic carboxylic acids is 1. The Kier molecular flexibility index (Phi) is 8.47. The van der Waals surface area contributed by atoms with E-state index in [-0.39, 0.29) is 17.9 Å². The Labute approximate surface area is 98.3 Å². The number of aliphatic hydroxyl groups excluding tert-OH is 1. The topological polar surface area (TPSA) is 77.8 Å². The molecule has 0 heterocycles. The number of hydrogen-bond acceptors (Lipinski definition) is 3. The monoisotopic (exact) mass is 234 g/mol. The van der Waals surface area contributed by atoms with E-state index in [2.05, 4.69) is 0 Å². The summed E-state index contributed by atoms with van der Waals surface area (Å²) < 4.78 is 0. The molecule has 0 aliphatic heterocycles. The van der Waals surface area contributed by atoms with Crippen LogP contribution in [0.2, 0.25) is 0 Å². The lowest BCUT2D eigenvalue weighted by molar-refractivity contribution is -0.140. The Morgan fingerprint density at radius 2 is 1.56 bits per heavy atom. The molecule has 0 aromatic carbocycles. The number of carboxylic acids is 1. The van der Waals surface area contributed by atoms with Crippen molar-refractivity contribution in [1.82, 2.24) is 0 Å². The summed E-state index contributed by atoms with van der Waals surface area (Å²) in [5.74, 6) is -1.03. The summed E-state index contributed by atoms with van der Waals surface area (Å²) in [6.45, 7) is 10.5. The van der Waals surface area contributed by atoms with Crippen LogP contribution in [-0.4, -0.2) is 33.0 Å². The molecule has 3 N–H and O–H groups in total. The van der Waals surface area contributed by atoms with E-state index in [1.54, 1.807) is 27.7 Å². The van der Waals surface area contributed by atoms with E-state index < -0.39 is 11.6 Å². The maximum atomic E-state index is 9.70. The Balaban J connectivity index is 0. The molecule has 0 rings (SSSR count). The lowest BCUT2D eigenvalue weighted by Crippen LogP contribution is -2.36. The van der Waals surface area contributed by atoms with Crippen LogP contribution in [0.25, 0.3) is 0 Å². The highest BCUT2D eigenvalue weighted by Crippen LogP contribution is 2.20. The molecule has 4 nitrogen and oxygen atoms in total. The normalized spacial score (nSPS) is 15.1. The maximum Gasteiger partial charge on any atom is 0.305 e. The highest BCUT2D eigenvalue weighted by atomic mass is 16.4. The van der Waals surface area contributed by atoms with E-state index >= 15 is 0 Å². The van der Waals surface area contributed by atoms with Crippen molar-refractivity contribution in [2.75, 3.05) is 0 Å². The van der Waals surface area contributed by atoms with Gasteiger partial charge in [-0.25, -0.2) is 0 Å². The third-order valence-corrected chi connectivity index (χ3v) is 2.60. The van der Waals surface area contributed by atoms with Crippen LogP contribution in [0.15, 0.2) is 0 Å². The Morgan fingerprint density at radius 1 is 1.25 bits per heavy atom. The van der Waals surface area contributed by atoms with Crippen molar-refractivity contribution in [2.45, 2.75) is 59.7 Å². The zero-order valence-corrected chi connectivity index (χ0v) is 11.2. The molecule has 0 aromatic rings. The zero-order chi connectivity index (χ0) is 13.5. The molecule has 0 radical (unpaired) electrons. The molecule has 2 atom stereocenters. The van der Waals surface area contributed by atoms with Crippen LogP contribution in [0, 0.1) is 11.8 Å². The number of aliphatic hydroxyl groups is 2. The highest BCUT2D eigenvalue weighted by molar-refractivity contribution is 5.68. The molecular weight excluding hydrogens is 208 g/mol. The summed E-state index contributed by atoms with van der Waals surface area (Å²) in [4.78, 5) is 9.70. The second-order valence-electron chi connectivity index (χ2n) is 4.91. The molecule has 0 amide bonds. The summed E-state index contributed by atoms with van der Waals surface area (Å²) in [6.07, 6.45) is 0.311. The maximum absolute atomic E-state index is 9.70. The van der Waals surface area contributed by atoms with Gasteiger partial charge in [-0.15, -0.1) is 0 Å². The van der Waals surface area contributed by atoms with Crippen molar-refractivity contribution in [3.63, 3.8) is 0 Å². The van der Waals surface area contributed by atoms with E-state index in [9.17, 15) is 15.0 Å². The van der Waals surface area contributed by atoms with Crippen LogP contribution in [0.1, 0.15) is 48.0 Å². The van der Waals surface area contributed by atoms with Crippen molar-refractivity contribution in [2.24, 2.45) is 11.8 Å². The standard InChI is InChI=1S/C8H18O2.C4H8O2/c1-5-7(9)6(2)8(3,4)10;1-3(2)4(5)6/h6-7,9-10H,5H2,1-4H3;3H,1-2H3,(H,5,6). The van der Waals surface area contributed by atoms with Gasteiger partial charge in [0.15, 0.2) is 0 Å². The first-order chi connectivity index (χ1) is 7.03. The summed E-state index contributed by atoms with van der Waals surface area (Å²) >= 11 is 0. The third-order valence-electron chi connectivity index (χ3n) is 2.60. The SMILES string of the molecule is CC(C)C(=O)O.CCC(O)C(C)C(C)(C)O. The van der Waals surface area contributed by atoms with Crippen molar-refractivity contribution in [1.29, 1.82) is 0 Å². The van der Waals surface area contributed by atoms with Crippen LogP contribution in [0.3, 0.4) is 0 Å². The lowest BCUT2D eigenvalue weighted by atomic mass is 9.87. The summed E-state index contributed by atoms with van der Waals surface area (Å²) in [5.41, 5.74) is -0.768. The fraction of sp³-hybridized carbons (Fsp3) is 0.917. The summed E-state index contributed by atoms with van der Waals surface area (Å²) in [7, 11) is 0. The van der Waals surface area contributed by atoms with E-state index in [1.807, 2.05) is 13.8 Å². The van der Waals surface area contributed by atoms with E-state index in [0.29, 0.717) is 6.42 Å². The first-order valence-corrected chi connectivity index (χ1v) is 5.67. The second kappa shape index (κ2) is 7.63. The Morgan fingerprint density at radius 3 is 1.62 bits per heavy atom. The molecule has 0 aromatic heterocycles. The largest absolute Gasteiger partial charge is 0.481 e. The number of carboxylic acid groups (broad SMARTS) is 1. The molecule has 2 unspecified atom stereocenters. The van der Waals surface area contributed by atoms with Gasteiger partial charge in [-0.3, -0.25) is 4.79 Å². The quantitative estimate of drug-likeness (QED) is 0.694. The zero-order valence-electron chi connectivity index (χ0n) is 11.2. The third kappa shape index (κ3) is 8.68. The minimum absolute atomic E-state index is 0.0579. The van der Waals surface area contributed by atoms with Crippen LogP contribution < -0.4 is 0 Å². The number of hydrogen-bond donors (Lipinski definition) is 3. The smallest absolute Gasteiger partial charge is 0.305 e. The minimum Gasteiger partial charge on any atom is -0.481 e. The van der Waals surface area contributed by atoms with E-state index in [1.165, 1.54) is 0 Å². The average molecular weight is 234 g/mol. The molecular formula is C12H26O4. The van der Waals surface area contributed by atoms with Gasteiger partial charge in [0.1, 0.15) is 0 Å². The van der Waals surface area contributed by atoms with Crippen molar-refractivity contribution >= 4 is 5.97 Å². The van der Waals surface area contributed by atoms with Gasteiger partial charge in [0, 0.05) is 5.92 Å². The molecule has 0 saturated heterocycles. The van der Waals surface area contributed by atoms with Gasteiger partial charge >= 0.3 is 5.97 Å². The predicted octanol–water partition coefficient (Wildman–Crippen LogP) is 1.89. The molecule has 16 heavy (non-hydrogen) atoms. The molecule has 0 aliphatic rings. The van der Waals surface area contributed by atoms with Crippen molar-refractivity contribution in [3.05, 3.63) is 0 Å². The van der Waals surface area contributed by atoms with Gasteiger partial charge < -0.3 is 15.3 Å². The van der Waals surface area contributed by atoms with E-state index in [4.69, 9.17) is 5.11 Å². The molecule has 0 spiro atoms. The van der Waals surface area contributed by atoms with Crippen molar-refractivity contribution in [3.8, 4) is 0 Å². The predicted molar refractivity (Wildman–Crippen MR) is 64.2 cm³/mol. The fourth-order valence-electron chi connectivity index (χ4n) is 0.824. The van der Waals surface area contributed by atoms with Crippen LogP contribution >= 0.6 is 0 Å². The second-order valence-corrected chi connectivity index (χ2v) is 4.91. The van der Waals surface area contributed by atoms with Crippen LogP contribution in [-0.2, 0) is 4.79 Å². The highest BCUT2D eigenvalue weighted by Gasteiger charge is 2.27. The molecule has 4 heteroatoms. The molecule has 0 fully saturated rings.